The van der Waals surface area contributed by atoms with Crippen molar-refractivity contribution in [3.8, 4) is 11.5 Å². The Hall–Kier alpha value is -2.14. The molecule has 0 aromatic heterocycles. The highest BCUT2D eigenvalue weighted by atomic mass is 32.2. The van der Waals surface area contributed by atoms with Gasteiger partial charge in [0.2, 0.25) is 5.91 Å². The van der Waals surface area contributed by atoms with Gasteiger partial charge in [-0.1, -0.05) is 18.2 Å². The van der Waals surface area contributed by atoms with Crippen LogP contribution < -0.4 is 14.8 Å². The summed E-state index contributed by atoms with van der Waals surface area (Å²) in [6.07, 6.45) is 0. The van der Waals surface area contributed by atoms with Crippen molar-refractivity contribution in [1.29, 1.82) is 0 Å². The number of ether oxygens (including phenoxy) is 2. The number of para-hydroxylation sites is 1. The third kappa shape index (κ3) is 5.87. The van der Waals surface area contributed by atoms with E-state index in [-0.39, 0.29) is 11.2 Å². The van der Waals surface area contributed by atoms with E-state index < -0.39 is 0 Å². The number of thioether (sulfide) groups is 1. The van der Waals surface area contributed by atoms with Gasteiger partial charge < -0.3 is 14.8 Å². The molecule has 0 unspecified atom stereocenters. The normalized spacial score (nSPS) is 11.6. The van der Waals surface area contributed by atoms with Crippen molar-refractivity contribution in [3.05, 3.63) is 54.6 Å². The van der Waals surface area contributed by atoms with Gasteiger partial charge in [0.1, 0.15) is 18.1 Å². The Bertz CT molecular complexity index is 601. The highest BCUT2D eigenvalue weighted by Gasteiger charge is 2.13. The topological polar surface area (TPSA) is 47.6 Å². The average Bonchev–Trinajstić information content (AvgIpc) is 2.60. The molecule has 122 valence electrons. The van der Waals surface area contributed by atoms with Gasteiger partial charge in [0.05, 0.1) is 18.9 Å². The smallest absolute Gasteiger partial charge is 0.233 e. The minimum atomic E-state index is -0.167. The number of nitrogens with one attached hydrogen (secondary N) is 1. The van der Waals surface area contributed by atoms with E-state index in [1.807, 2.05) is 61.5 Å². The van der Waals surface area contributed by atoms with Gasteiger partial charge in [-0.2, -0.15) is 0 Å². The lowest BCUT2D eigenvalue weighted by Crippen LogP contribution is -2.33. The van der Waals surface area contributed by atoms with Gasteiger partial charge >= 0.3 is 0 Å². The summed E-state index contributed by atoms with van der Waals surface area (Å²) in [6.45, 7) is 2.83. The SMILES string of the molecule is COc1ccc(S[C@H](C)C(=O)NCCOc2ccccc2)cc1. The number of methoxy groups -OCH3 is 1. The highest BCUT2D eigenvalue weighted by molar-refractivity contribution is 8.00. The molecule has 2 aromatic rings. The molecule has 5 heteroatoms. The van der Waals surface area contributed by atoms with E-state index in [2.05, 4.69) is 5.32 Å². The van der Waals surface area contributed by atoms with Crippen molar-refractivity contribution in [2.45, 2.75) is 17.1 Å². The molecule has 23 heavy (non-hydrogen) atoms. The van der Waals surface area contributed by atoms with Crippen molar-refractivity contribution < 1.29 is 14.3 Å². The van der Waals surface area contributed by atoms with Crippen LogP contribution in [0.4, 0.5) is 0 Å². The van der Waals surface area contributed by atoms with Crippen LogP contribution in [0, 0.1) is 0 Å². The molecule has 0 heterocycles. The van der Waals surface area contributed by atoms with Crippen molar-refractivity contribution in [2.24, 2.45) is 0 Å². The van der Waals surface area contributed by atoms with Crippen LogP contribution in [0.1, 0.15) is 6.92 Å². The second kappa shape index (κ2) is 9.10. The number of hydrogen-bond donors (Lipinski definition) is 1. The number of amides is 1. The highest BCUT2D eigenvalue weighted by Crippen LogP contribution is 2.25. The minimum Gasteiger partial charge on any atom is -0.497 e. The van der Waals surface area contributed by atoms with Crippen LogP contribution >= 0.6 is 11.8 Å². The molecule has 1 amide bonds. The summed E-state index contributed by atoms with van der Waals surface area (Å²) >= 11 is 1.52. The van der Waals surface area contributed by atoms with Gasteiger partial charge in [0.25, 0.3) is 0 Å². The van der Waals surface area contributed by atoms with E-state index in [0.29, 0.717) is 13.2 Å². The summed E-state index contributed by atoms with van der Waals surface area (Å²) in [5, 5.41) is 2.72. The first-order valence-electron chi connectivity index (χ1n) is 7.45. The van der Waals surface area contributed by atoms with Gasteiger partial charge in [-0.25, -0.2) is 0 Å². The van der Waals surface area contributed by atoms with Gasteiger partial charge in [-0.15, -0.1) is 11.8 Å². The molecule has 0 aliphatic rings. The second-order valence-corrected chi connectivity index (χ2v) is 6.30. The minimum absolute atomic E-state index is 0.00230. The Morgan fingerprint density at radius 1 is 1.09 bits per heavy atom. The monoisotopic (exact) mass is 331 g/mol. The molecule has 0 aliphatic carbocycles. The zero-order valence-electron chi connectivity index (χ0n) is 13.3. The molecule has 0 saturated carbocycles. The van der Waals surface area contributed by atoms with Gasteiger partial charge in [0, 0.05) is 4.90 Å². The number of rotatable bonds is 8. The molecular weight excluding hydrogens is 310 g/mol. The molecule has 1 N–H and O–H groups in total. The molecule has 1 atom stereocenters. The van der Waals surface area contributed by atoms with E-state index in [9.17, 15) is 4.79 Å². The zero-order chi connectivity index (χ0) is 16.5. The average molecular weight is 331 g/mol. The Balaban J connectivity index is 1.69. The quantitative estimate of drug-likeness (QED) is 0.595. The molecule has 2 aromatic carbocycles. The molecule has 2 rings (SSSR count). The van der Waals surface area contributed by atoms with Crippen molar-refractivity contribution in [2.75, 3.05) is 20.3 Å². The molecule has 0 bridgehead atoms. The first-order chi connectivity index (χ1) is 11.2. The van der Waals surface area contributed by atoms with Gasteiger partial charge in [-0.3, -0.25) is 4.79 Å². The van der Waals surface area contributed by atoms with Crippen LogP contribution in [-0.2, 0) is 4.79 Å². The lowest BCUT2D eigenvalue weighted by Gasteiger charge is -2.12. The first-order valence-corrected chi connectivity index (χ1v) is 8.33. The maximum absolute atomic E-state index is 12.1. The number of hydrogen-bond acceptors (Lipinski definition) is 4. The summed E-state index contributed by atoms with van der Waals surface area (Å²) in [7, 11) is 1.63. The van der Waals surface area contributed by atoms with Crippen molar-refractivity contribution in [1.82, 2.24) is 5.32 Å². The Kier molecular flexibility index (Phi) is 6.81. The molecule has 0 aliphatic heterocycles. The fraction of sp³-hybridized carbons (Fsp3) is 0.278. The fourth-order valence-electron chi connectivity index (χ4n) is 1.92. The molecule has 0 spiro atoms. The zero-order valence-corrected chi connectivity index (χ0v) is 14.1. The van der Waals surface area contributed by atoms with Crippen LogP contribution in [0.5, 0.6) is 11.5 Å². The molecule has 0 fully saturated rings. The Morgan fingerprint density at radius 2 is 1.78 bits per heavy atom. The maximum Gasteiger partial charge on any atom is 0.233 e. The van der Waals surface area contributed by atoms with Crippen LogP contribution in [-0.4, -0.2) is 31.4 Å². The second-order valence-electron chi connectivity index (χ2n) is 4.89. The summed E-state index contributed by atoms with van der Waals surface area (Å²) in [6, 6.07) is 17.2. The Morgan fingerprint density at radius 3 is 2.43 bits per heavy atom. The molecule has 0 radical (unpaired) electrons. The van der Waals surface area contributed by atoms with E-state index in [1.165, 1.54) is 11.8 Å². The van der Waals surface area contributed by atoms with Crippen LogP contribution in [0.15, 0.2) is 59.5 Å². The van der Waals surface area contributed by atoms with E-state index >= 15 is 0 Å². The Labute approximate surface area is 141 Å². The number of carbonyl (C=O) groups is 1. The van der Waals surface area contributed by atoms with E-state index in [4.69, 9.17) is 9.47 Å². The summed E-state index contributed by atoms with van der Waals surface area (Å²) in [5.74, 6) is 1.62. The third-order valence-electron chi connectivity index (χ3n) is 3.15. The lowest BCUT2D eigenvalue weighted by atomic mass is 10.3. The number of carbonyl (C=O) groups excluding carboxylic acids is 1. The lowest BCUT2D eigenvalue weighted by molar-refractivity contribution is -0.120. The van der Waals surface area contributed by atoms with Crippen LogP contribution in [0.25, 0.3) is 0 Å². The molecule has 4 nitrogen and oxygen atoms in total. The van der Waals surface area contributed by atoms with Crippen LogP contribution in [0.2, 0.25) is 0 Å². The van der Waals surface area contributed by atoms with Gasteiger partial charge in [-0.05, 0) is 43.3 Å². The van der Waals surface area contributed by atoms with E-state index in [1.54, 1.807) is 7.11 Å². The summed E-state index contributed by atoms with van der Waals surface area (Å²) in [5.41, 5.74) is 0. The van der Waals surface area contributed by atoms with Crippen molar-refractivity contribution in [3.63, 3.8) is 0 Å². The number of benzene rings is 2. The van der Waals surface area contributed by atoms with Crippen molar-refractivity contribution >= 4 is 17.7 Å². The predicted molar refractivity (Wildman–Crippen MR) is 93.3 cm³/mol. The summed E-state index contributed by atoms with van der Waals surface area (Å²) in [4.78, 5) is 13.1. The van der Waals surface area contributed by atoms with E-state index in [0.717, 1.165) is 16.4 Å². The standard InChI is InChI=1S/C18H21NO3S/c1-14(23-17-10-8-15(21-2)9-11-17)18(20)19-12-13-22-16-6-4-3-5-7-16/h3-11,14H,12-13H2,1-2H3,(H,19,20)/t14-/m1/s1. The molecule has 0 saturated heterocycles. The summed E-state index contributed by atoms with van der Waals surface area (Å²) < 4.78 is 10.7. The largest absolute Gasteiger partial charge is 0.497 e. The third-order valence-corrected chi connectivity index (χ3v) is 4.27. The first kappa shape index (κ1) is 17.2. The maximum atomic E-state index is 12.1. The fourth-order valence-corrected chi connectivity index (χ4v) is 2.81. The van der Waals surface area contributed by atoms with Gasteiger partial charge in [0.15, 0.2) is 0 Å². The van der Waals surface area contributed by atoms with Crippen LogP contribution in [0.3, 0.4) is 0 Å². The molecular formula is C18H21NO3S. The predicted octanol–water partition coefficient (Wildman–Crippen LogP) is 3.37.